The third kappa shape index (κ3) is 3.79. The maximum absolute atomic E-state index is 11.1. The summed E-state index contributed by atoms with van der Waals surface area (Å²) in [6.07, 6.45) is 2.38. The summed E-state index contributed by atoms with van der Waals surface area (Å²) in [5.41, 5.74) is 0.897. The smallest absolute Gasteiger partial charge is 0.293 e. The van der Waals surface area contributed by atoms with E-state index in [1.54, 1.807) is 6.07 Å². The van der Waals surface area contributed by atoms with Crippen molar-refractivity contribution in [1.29, 1.82) is 0 Å². The van der Waals surface area contributed by atoms with E-state index >= 15 is 0 Å². The Hall–Kier alpha value is -0.890. The molecule has 1 heterocycles. The molecule has 1 N–H and O–H groups in total. The Morgan fingerprint density at radius 1 is 1.58 bits per heavy atom. The highest BCUT2D eigenvalue weighted by Gasteiger charge is 2.21. The van der Waals surface area contributed by atoms with Gasteiger partial charge >= 0.3 is 0 Å². The fourth-order valence-corrected chi connectivity index (χ4v) is 3.01. The second-order valence-corrected chi connectivity index (χ2v) is 6.23. The summed E-state index contributed by atoms with van der Waals surface area (Å²) in [4.78, 5) is 12.8. The van der Waals surface area contributed by atoms with Crippen LogP contribution in [0, 0.1) is 19.6 Å². The number of rotatable bonds is 4. The van der Waals surface area contributed by atoms with Gasteiger partial charge in [0.25, 0.3) is 5.69 Å². The van der Waals surface area contributed by atoms with Crippen molar-refractivity contribution < 1.29 is 4.92 Å². The molecule has 1 aromatic carbocycles. The van der Waals surface area contributed by atoms with E-state index in [0.29, 0.717) is 11.6 Å². The van der Waals surface area contributed by atoms with Crippen molar-refractivity contribution in [3.8, 4) is 0 Å². The topological polar surface area (TPSA) is 58.4 Å². The average molecular weight is 375 g/mol. The number of hydrogen-bond acceptors (Lipinski definition) is 4. The number of hydrogen-bond donors (Lipinski definition) is 1. The second-order valence-electron chi connectivity index (χ2n) is 4.98. The van der Waals surface area contributed by atoms with Crippen molar-refractivity contribution >= 4 is 34.0 Å². The molecule has 0 saturated carbocycles. The summed E-state index contributed by atoms with van der Waals surface area (Å²) in [7, 11) is 1.93. The molecule has 1 fully saturated rings. The number of nitrogens with zero attached hydrogens (tertiary/aromatic N) is 2. The highest BCUT2D eigenvalue weighted by Crippen LogP contribution is 2.30. The third-order valence-electron chi connectivity index (χ3n) is 3.48. The molecular formula is C13H18IN3O2. The molecule has 104 valence electrons. The van der Waals surface area contributed by atoms with Crippen LogP contribution in [-0.2, 0) is 0 Å². The SMILES string of the molecule is CN(CC1CCCNC1)c1ccc(I)cc1[N+](=O)[O-]. The number of anilines is 1. The minimum Gasteiger partial charge on any atom is -0.369 e. The van der Waals surface area contributed by atoms with Crippen LogP contribution in [0.25, 0.3) is 0 Å². The fourth-order valence-electron chi connectivity index (χ4n) is 2.53. The normalized spacial score (nSPS) is 19.2. The van der Waals surface area contributed by atoms with E-state index in [-0.39, 0.29) is 10.6 Å². The van der Waals surface area contributed by atoms with E-state index in [1.807, 2.05) is 24.1 Å². The van der Waals surface area contributed by atoms with Crippen molar-refractivity contribution in [3.05, 3.63) is 31.9 Å². The van der Waals surface area contributed by atoms with Crippen LogP contribution in [0.4, 0.5) is 11.4 Å². The summed E-state index contributed by atoms with van der Waals surface area (Å²) in [6.45, 7) is 2.95. The molecule has 0 radical (unpaired) electrons. The standard InChI is InChI=1S/C13H18IN3O2/c1-16(9-10-3-2-6-15-8-10)12-5-4-11(14)7-13(12)17(18)19/h4-5,7,10,15H,2-3,6,8-9H2,1H3. The average Bonchev–Trinajstić information content (AvgIpc) is 2.39. The van der Waals surface area contributed by atoms with Gasteiger partial charge < -0.3 is 10.2 Å². The number of benzene rings is 1. The minimum atomic E-state index is -0.298. The predicted molar refractivity (Wildman–Crippen MR) is 84.7 cm³/mol. The highest BCUT2D eigenvalue weighted by molar-refractivity contribution is 14.1. The van der Waals surface area contributed by atoms with Crippen LogP contribution >= 0.6 is 22.6 Å². The molecule has 0 aromatic heterocycles. The predicted octanol–water partition coefficient (Wildman–Crippen LogP) is 2.64. The quantitative estimate of drug-likeness (QED) is 0.500. The molecular weight excluding hydrogens is 357 g/mol. The number of piperidine rings is 1. The lowest BCUT2D eigenvalue weighted by molar-refractivity contribution is -0.384. The van der Waals surface area contributed by atoms with Crippen molar-refractivity contribution in [3.63, 3.8) is 0 Å². The van der Waals surface area contributed by atoms with E-state index in [2.05, 4.69) is 27.9 Å². The van der Waals surface area contributed by atoms with Crippen molar-refractivity contribution in [1.82, 2.24) is 5.32 Å². The lowest BCUT2D eigenvalue weighted by atomic mass is 9.99. The number of halogens is 1. The molecule has 0 amide bonds. The number of nitro benzene ring substituents is 1. The van der Waals surface area contributed by atoms with Gasteiger partial charge in [0.1, 0.15) is 5.69 Å². The molecule has 1 unspecified atom stereocenters. The molecule has 1 aliphatic heterocycles. The lowest BCUT2D eigenvalue weighted by Crippen LogP contribution is -2.37. The van der Waals surface area contributed by atoms with Gasteiger partial charge in [-0.3, -0.25) is 10.1 Å². The fraction of sp³-hybridized carbons (Fsp3) is 0.538. The maximum atomic E-state index is 11.1. The van der Waals surface area contributed by atoms with Gasteiger partial charge in [0, 0.05) is 23.2 Å². The van der Waals surface area contributed by atoms with Crippen molar-refractivity contribution in [2.24, 2.45) is 5.92 Å². The first-order valence-electron chi connectivity index (χ1n) is 6.43. The van der Waals surface area contributed by atoms with E-state index in [1.165, 1.54) is 12.8 Å². The summed E-state index contributed by atoms with van der Waals surface area (Å²) >= 11 is 2.10. The summed E-state index contributed by atoms with van der Waals surface area (Å²) < 4.78 is 0.890. The molecule has 0 bridgehead atoms. The Bertz CT molecular complexity index is 461. The zero-order valence-corrected chi connectivity index (χ0v) is 13.1. The largest absolute Gasteiger partial charge is 0.369 e. The highest BCUT2D eigenvalue weighted by atomic mass is 127. The van der Waals surface area contributed by atoms with Gasteiger partial charge in [-0.15, -0.1) is 0 Å². The molecule has 19 heavy (non-hydrogen) atoms. The Morgan fingerprint density at radius 3 is 3.00 bits per heavy atom. The van der Waals surface area contributed by atoms with Crippen LogP contribution in [0.2, 0.25) is 0 Å². The zero-order valence-electron chi connectivity index (χ0n) is 10.9. The molecule has 1 aromatic rings. The molecule has 1 atom stereocenters. The molecule has 2 rings (SSSR count). The van der Waals surface area contributed by atoms with Crippen LogP contribution in [0.15, 0.2) is 18.2 Å². The summed E-state index contributed by atoms with van der Waals surface area (Å²) in [5.74, 6) is 0.567. The van der Waals surface area contributed by atoms with E-state index < -0.39 is 0 Å². The first kappa shape index (κ1) is 14.5. The van der Waals surface area contributed by atoms with Crippen molar-refractivity contribution in [2.45, 2.75) is 12.8 Å². The Balaban J connectivity index is 2.13. The van der Waals surface area contributed by atoms with Gasteiger partial charge in [-0.05, 0) is 66.6 Å². The van der Waals surface area contributed by atoms with Crippen LogP contribution in [-0.4, -0.2) is 31.6 Å². The Labute approximate surface area is 126 Å². The van der Waals surface area contributed by atoms with Crippen LogP contribution < -0.4 is 10.2 Å². The molecule has 0 spiro atoms. The van der Waals surface area contributed by atoms with Gasteiger partial charge in [0.05, 0.1) is 4.92 Å². The second kappa shape index (κ2) is 6.51. The first-order chi connectivity index (χ1) is 9.08. The molecule has 5 nitrogen and oxygen atoms in total. The summed E-state index contributed by atoms with van der Waals surface area (Å²) in [5, 5.41) is 14.5. The van der Waals surface area contributed by atoms with Gasteiger partial charge in [-0.1, -0.05) is 0 Å². The minimum absolute atomic E-state index is 0.193. The summed E-state index contributed by atoms with van der Waals surface area (Å²) in [6, 6.07) is 5.39. The Kier molecular flexibility index (Phi) is 4.98. The monoisotopic (exact) mass is 375 g/mol. The maximum Gasteiger partial charge on any atom is 0.293 e. The molecule has 1 aliphatic rings. The van der Waals surface area contributed by atoms with Crippen LogP contribution in [0.5, 0.6) is 0 Å². The third-order valence-corrected chi connectivity index (χ3v) is 4.15. The molecule has 0 aliphatic carbocycles. The number of nitro groups is 1. The van der Waals surface area contributed by atoms with Gasteiger partial charge in [-0.25, -0.2) is 0 Å². The van der Waals surface area contributed by atoms with E-state index in [9.17, 15) is 10.1 Å². The van der Waals surface area contributed by atoms with Crippen LogP contribution in [0.1, 0.15) is 12.8 Å². The van der Waals surface area contributed by atoms with Gasteiger partial charge in [0.15, 0.2) is 0 Å². The van der Waals surface area contributed by atoms with Gasteiger partial charge in [0.2, 0.25) is 0 Å². The Morgan fingerprint density at radius 2 is 2.37 bits per heavy atom. The van der Waals surface area contributed by atoms with E-state index in [0.717, 1.165) is 23.2 Å². The molecule has 1 saturated heterocycles. The number of nitrogens with one attached hydrogen (secondary N) is 1. The van der Waals surface area contributed by atoms with E-state index in [4.69, 9.17) is 0 Å². The lowest BCUT2D eigenvalue weighted by Gasteiger charge is -2.28. The van der Waals surface area contributed by atoms with Crippen LogP contribution in [0.3, 0.4) is 0 Å². The molecule has 6 heteroatoms. The first-order valence-corrected chi connectivity index (χ1v) is 7.51. The van der Waals surface area contributed by atoms with Gasteiger partial charge in [-0.2, -0.15) is 0 Å². The van der Waals surface area contributed by atoms with Crippen molar-refractivity contribution in [2.75, 3.05) is 31.6 Å². The zero-order chi connectivity index (χ0) is 13.8.